The van der Waals surface area contributed by atoms with Gasteiger partial charge in [0.05, 0.1) is 12.2 Å². The lowest BCUT2D eigenvalue weighted by Crippen LogP contribution is -2.30. The first-order valence-electron chi connectivity index (χ1n) is 11.2. The van der Waals surface area contributed by atoms with Crippen LogP contribution in [0.4, 0.5) is 4.39 Å². The molecule has 33 heavy (non-hydrogen) atoms. The Morgan fingerprint density at radius 2 is 2.06 bits per heavy atom. The van der Waals surface area contributed by atoms with Crippen molar-refractivity contribution in [3.63, 3.8) is 0 Å². The van der Waals surface area contributed by atoms with Crippen LogP contribution in [0.25, 0.3) is 5.69 Å². The number of carbonyl (C=O) groups excluding carboxylic acids is 1. The van der Waals surface area contributed by atoms with Crippen molar-refractivity contribution in [3.05, 3.63) is 51.7 Å². The maximum Gasteiger partial charge on any atom is 0.350 e. The van der Waals surface area contributed by atoms with Crippen LogP contribution in [0.5, 0.6) is 5.75 Å². The van der Waals surface area contributed by atoms with Crippen molar-refractivity contribution >= 4 is 12.1 Å². The Labute approximate surface area is 192 Å². The summed E-state index contributed by atoms with van der Waals surface area (Å²) < 4.78 is 23.5. The van der Waals surface area contributed by atoms with Gasteiger partial charge >= 0.3 is 5.69 Å². The van der Waals surface area contributed by atoms with E-state index >= 15 is 4.39 Å². The molecule has 0 aliphatic heterocycles. The van der Waals surface area contributed by atoms with Gasteiger partial charge in [0.15, 0.2) is 0 Å². The average Bonchev–Trinajstić information content (AvgIpc) is 3.11. The topological polar surface area (TPSA) is 114 Å². The van der Waals surface area contributed by atoms with Gasteiger partial charge in [-0.15, -0.1) is 5.10 Å². The molecule has 0 bridgehead atoms. The van der Waals surface area contributed by atoms with Crippen LogP contribution >= 0.6 is 0 Å². The molecule has 3 N–H and O–H groups in total. The number of aryl methyl sites for hydroxylation is 1. The maximum absolute atomic E-state index is 15.2. The first-order valence-corrected chi connectivity index (χ1v) is 11.2. The number of hydrogen-bond donors (Lipinski definition) is 3. The number of hydrogen-bond acceptors (Lipinski definition) is 6. The van der Waals surface area contributed by atoms with E-state index in [1.165, 1.54) is 23.1 Å². The molecule has 1 heterocycles. The summed E-state index contributed by atoms with van der Waals surface area (Å²) >= 11 is 0. The molecule has 2 aromatic rings. The number of halogens is 1. The highest BCUT2D eigenvalue weighted by atomic mass is 19.1. The van der Waals surface area contributed by atoms with Crippen molar-refractivity contribution in [1.29, 1.82) is 5.41 Å². The zero-order chi connectivity index (χ0) is 24.0. The fourth-order valence-electron chi connectivity index (χ4n) is 3.97. The van der Waals surface area contributed by atoms with Gasteiger partial charge in [-0.2, -0.15) is 4.68 Å². The molecule has 1 aromatic heterocycles. The molecule has 1 aromatic carbocycles. The van der Waals surface area contributed by atoms with Gasteiger partial charge in [-0.25, -0.2) is 9.18 Å². The molecule has 1 fully saturated rings. The molecule has 0 spiro atoms. The predicted molar refractivity (Wildman–Crippen MR) is 124 cm³/mol. The monoisotopic (exact) mass is 458 g/mol. The Morgan fingerprint density at radius 1 is 1.33 bits per heavy atom. The molecule has 9 nitrogen and oxygen atoms in total. The second kappa shape index (κ2) is 10.9. The minimum Gasteiger partial charge on any atom is -0.492 e. The SMILES string of the molecule is CCc1nn(-c2cc(OCC3CCCCC3)c(C(=O)N/C(=C/C=N)NC)cc2F)c(=O)n1C. The fourth-order valence-corrected chi connectivity index (χ4v) is 3.97. The zero-order valence-corrected chi connectivity index (χ0v) is 19.3. The number of ether oxygens (including phenoxy) is 1. The van der Waals surface area contributed by atoms with Crippen LogP contribution in [0.15, 0.2) is 28.8 Å². The third-order valence-electron chi connectivity index (χ3n) is 5.88. The number of nitrogens with one attached hydrogen (secondary N) is 3. The highest BCUT2D eigenvalue weighted by Gasteiger charge is 2.23. The summed E-state index contributed by atoms with van der Waals surface area (Å²) in [6.07, 6.45) is 8.47. The van der Waals surface area contributed by atoms with Crippen molar-refractivity contribution in [1.82, 2.24) is 25.0 Å². The summed E-state index contributed by atoms with van der Waals surface area (Å²) in [5, 5.41) is 16.8. The van der Waals surface area contributed by atoms with E-state index < -0.39 is 17.4 Å². The molecule has 0 unspecified atom stereocenters. The Bertz CT molecular complexity index is 1100. The Hall–Kier alpha value is -3.43. The summed E-state index contributed by atoms with van der Waals surface area (Å²) in [5.41, 5.74) is -0.556. The maximum atomic E-state index is 15.2. The van der Waals surface area contributed by atoms with Crippen LogP contribution in [0.2, 0.25) is 0 Å². The quantitative estimate of drug-likeness (QED) is 0.500. The summed E-state index contributed by atoms with van der Waals surface area (Å²) in [6, 6.07) is 2.42. The number of allylic oxidation sites excluding steroid dienone is 1. The molecule has 1 saturated carbocycles. The van der Waals surface area contributed by atoms with E-state index in [2.05, 4.69) is 15.7 Å². The lowest BCUT2D eigenvalue weighted by molar-refractivity contribution is 0.0957. The lowest BCUT2D eigenvalue weighted by Gasteiger charge is -2.22. The van der Waals surface area contributed by atoms with E-state index in [1.807, 2.05) is 6.92 Å². The molecule has 3 rings (SSSR count). The number of amides is 1. The summed E-state index contributed by atoms with van der Waals surface area (Å²) in [4.78, 5) is 25.6. The van der Waals surface area contributed by atoms with Crippen molar-refractivity contribution < 1.29 is 13.9 Å². The van der Waals surface area contributed by atoms with E-state index in [1.54, 1.807) is 14.1 Å². The molecule has 0 atom stereocenters. The molecular formula is C23H31FN6O3. The van der Waals surface area contributed by atoms with Gasteiger partial charge in [0, 0.05) is 32.8 Å². The Balaban J connectivity index is 2.01. The van der Waals surface area contributed by atoms with E-state index in [0.29, 0.717) is 24.8 Å². The largest absolute Gasteiger partial charge is 0.492 e. The van der Waals surface area contributed by atoms with Crippen molar-refractivity contribution in [2.45, 2.75) is 45.4 Å². The van der Waals surface area contributed by atoms with E-state index in [-0.39, 0.29) is 22.8 Å². The van der Waals surface area contributed by atoms with Gasteiger partial charge in [-0.3, -0.25) is 9.36 Å². The van der Waals surface area contributed by atoms with E-state index in [9.17, 15) is 9.59 Å². The lowest BCUT2D eigenvalue weighted by atomic mass is 9.90. The van der Waals surface area contributed by atoms with Gasteiger partial charge in [0.25, 0.3) is 5.91 Å². The smallest absolute Gasteiger partial charge is 0.350 e. The third-order valence-corrected chi connectivity index (χ3v) is 5.88. The molecular weight excluding hydrogens is 427 g/mol. The molecule has 10 heteroatoms. The molecule has 0 saturated heterocycles. The summed E-state index contributed by atoms with van der Waals surface area (Å²) in [7, 11) is 3.18. The van der Waals surface area contributed by atoms with E-state index in [0.717, 1.165) is 42.6 Å². The average molecular weight is 459 g/mol. The third kappa shape index (κ3) is 5.50. The standard InChI is InChI=1S/C23H31FN6O3/c1-4-21-28-30(23(32)29(21)3)18-13-19(33-14-15-8-6-5-7-9-15)16(12-17(18)24)22(31)27-20(26-2)10-11-25/h10-13,15,25-26H,4-9,14H2,1-3H3,(H,27,31)/b20-10+,25-11?. The number of benzene rings is 1. The van der Waals surface area contributed by atoms with Crippen LogP contribution in [0, 0.1) is 17.1 Å². The van der Waals surface area contributed by atoms with Gasteiger partial charge in [0.1, 0.15) is 28.9 Å². The van der Waals surface area contributed by atoms with Crippen LogP contribution in [0.3, 0.4) is 0 Å². The molecule has 0 radical (unpaired) electrons. The summed E-state index contributed by atoms with van der Waals surface area (Å²) in [5.74, 6) is -0.0275. The fraction of sp³-hybridized carbons (Fsp3) is 0.478. The number of carbonyl (C=O) groups is 1. The normalized spacial score (nSPS) is 14.7. The van der Waals surface area contributed by atoms with Crippen LogP contribution in [-0.4, -0.2) is 40.1 Å². The Kier molecular flexibility index (Phi) is 8.02. The molecule has 1 aliphatic rings. The number of nitrogens with zero attached hydrogens (tertiary/aromatic N) is 3. The van der Waals surface area contributed by atoms with Crippen LogP contribution in [-0.2, 0) is 13.5 Å². The van der Waals surface area contributed by atoms with E-state index in [4.69, 9.17) is 10.1 Å². The van der Waals surface area contributed by atoms with Crippen LogP contribution in [0.1, 0.15) is 55.2 Å². The van der Waals surface area contributed by atoms with Crippen molar-refractivity contribution in [3.8, 4) is 11.4 Å². The highest BCUT2D eigenvalue weighted by molar-refractivity contribution is 5.98. The Morgan fingerprint density at radius 3 is 2.67 bits per heavy atom. The van der Waals surface area contributed by atoms with Gasteiger partial charge in [-0.1, -0.05) is 26.2 Å². The van der Waals surface area contributed by atoms with Gasteiger partial charge in [-0.05, 0) is 30.9 Å². The minimum atomic E-state index is -0.768. The first-order chi connectivity index (χ1) is 15.9. The van der Waals surface area contributed by atoms with Crippen LogP contribution < -0.4 is 21.1 Å². The van der Waals surface area contributed by atoms with Gasteiger partial charge in [0.2, 0.25) is 0 Å². The molecule has 1 aliphatic carbocycles. The first kappa shape index (κ1) is 24.2. The second-order valence-electron chi connectivity index (χ2n) is 8.09. The van der Waals surface area contributed by atoms with Gasteiger partial charge < -0.3 is 20.8 Å². The highest BCUT2D eigenvalue weighted by Crippen LogP contribution is 2.29. The predicted octanol–water partition coefficient (Wildman–Crippen LogP) is 2.67. The molecule has 178 valence electrons. The summed E-state index contributed by atoms with van der Waals surface area (Å²) in [6.45, 7) is 2.26. The number of aromatic nitrogens is 3. The molecule has 1 amide bonds. The zero-order valence-electron chi connectivity index (χ0n) is 19.3. The minimum absolute atomic E-state index is 0.00196. The number of rotatable bonds is 9. The second-order valence-corrected chi connectivity index (χ2v) is 8.09. The van der Waals surface area contributed by atoms with Crippen molar-refractivity contribution in [2.75, 3.05) is 13.7 Å². The van der Waals surface area contributed by atoms with Crippen molar-refractivity contribution in [2.24, 2.45) is 13.0 Å².